The fourth-order valence-electron chi connectivity index (χ4n) is 2.11. The van der Waals surface area contributed by atoms with Gasteiger partial charge in [-0.05, 0) is 12.8 Å². The number of hydrogen-bond donors (Lipinski definition) is 2. The number of nitrogens with one attached hydrogen (secondary N) is 2. The van der Waals surface area contributed by atoms with E-state index in [4.69, 9.17) is 0 Å². The molecule has 2 aliphatic heterocycles. The lowest BCUT2D eigenvalue weighted by atomic mass is 9.90. The van der Waals surface area contributed by atoms with Crippen LogP contribution in [0.1, 0.15) is 12.8 Å². The van der Waals surface area contributed by atoms with Gasteiger partial charge in [-0.15, -0.1) is 0 Å². The van der Waals surface area contributed by atoms with Crippen molar-refractivity contribution in [3.05, 3.63) is 0 Å². The summed E-state index contributed by atoms with van der Waals surface area (Å²) in [4.78, 5) is 22.7. The van der Waals surface area contributed by atoms with E-state index >= 15 is 0 Å². The number of sulfonamides is 1. The second-order valence-corrected chi connectivity index (χ2v) is 6.17. The van der Waals surface area contributed by atoms with Gasteiger partial charge < -0.3 is 5.32 Å². The van der Waals surface area contributed by atoms with Crippen molar-refractivity contribution < 1.29 is 18.0 Å². The molecule has 0 aromatic carbocycles. The SMILES string of the molecule is CS(=O)(=O)N1CCCC2(C1)NC(=O)NC2=O. The summed E-state index contributed by atoms with van der Waals surface area (Å²) < 4.78 is 24.0. The number of urea groups is 1. The Kier molecular flexibility index (Phi) is 2.43. The molecule has 0 saturated carbocycles. The molecule has 1 spiro atoms. The molecule has 3 amide bonds. The van der Waals surface area contributed by atoms with Crippen molar-refractivity contribution in [1.82, 2.24) is 14.9 Å². The molecule has 0 aromatic heterocycles. The Morgan fingerprint density at radius 3 is 2.56 bits per heavy atom. The minimum atomic E-state index is -3.33. The quantitative estimate of drug-likeness (QED) is 0.558. The molecule has 2 saturated heterocycles. The van der Waals surface area contributed by atoms with Crippen molar-refractivity contribution in [2.45, 2.75) is 18.4 Å². The molecule has 90 valence electrons. The molecule has 2 N–H and O–H groups in total. The number of piperidine rings is 1. The van der Waals surface area contributed by atoms with E-state index in [0.29, 0.717) is 19.4 Å². The van der Waals surface area contributed by atoms with E-state index in [1.165, 1.54) is 4.31 Å². The third kappa shape index (κ3) is 1.78. The smallest absolute Gasteiger partial charge is 0.322 e. The van der Waals surface area contributed by atoms with E-state index in [1.54, 1.807) is 0 Å². The minimum absolute atomic E-state index is 0.0173. The van der Waals surface area contributed by atoms with Crippen LogP contribution in [0.5, 0.6) is 0 Å². The van der Waals surface area contributed by atoms with Gasteiger partial charge in [0.05, 0.1) is 6.26 Å². The Morgan fingerprint density at radius 2 is 2.06 bits per heavy atom. The fraction of sp³-hybridized carbons (Fsp3) is 0.750. The normalized spacial score (nSPS) is 31.6. The second kappa shape index (κ2) is 3.42. The largest absolute Gasteiger partial charge is 0.322 e. The molecule has 2 heterocycles. The van der Waals surface area contributed by atoms with Crippen LogP contribution in [0.15, 0.2) is 0 Å². The fourth-order valence-corrected chi connectivity index (χ4v) is 3.03. The van der Waals surface area contributed by atoms with Crippen LogP contribution in [0.2, 0.25) is 0 Å². The van der Waals surface area contributed by atoms with E-state index in [9.17, 15) is 18.0 Å². The van der Waals surface area contributed by atoms with E-state index in [1.807, 2.05) is 0 Å². The Hall–Kier alpha value is -1.15. The standard InChI is InChI=1S/C8H13N3O4S/c1-16(14,15)11-4-2-3-8(5-11)6(12)9-7(13)10-8/h2-5H2,1H3,(H2,9,10,12,13). The third-order valence-corrected chi connectivity index (χ3v) is 4.19. The summed E-state index contributed by atoms with van der Waals surface area (Å²) in [6, 6.07) is -0.555. The zero-order valence-electron chi connectivity index (χ0n) is 8.82. The van der Waals surface area contributed by atoms with Gasteiger partial charge >= 0.3 is 6.03 Å². The van der Waals surface area contributed by atoms with Crippen LogP contribution in [-0.4, -0.2) is 49.5 Å². The minimum Gasteiger partial charge on any atom is -0.322 e. The molecule has 1 unspecified atom stereocenters. The summed E-state index contributed by atoms with van der Waals surface area (Å²) in [5.41, 5.74) is -1.07. The maximum Gasteiger partial charge on any atom is 0.322 e. The lowest BCUT2D eigenvalue weighted by molar-refractivity contribution is -0.125. The number of nitrogens with zero attached hydrogens (tertiary/aromatic N) is 1. The average Bonchev–Trinajstić information content (AvgIpc) is 2.40. The first-order chi connectivity index (χ1) is 7.33. The molecule has 2 fully saturated rings. The molecule has 7 nitrogen and oxygen atoms in total. The molecule has 0 aromatic rings. The van der Waals surface area contributed by atoms with Crippen molar-refractivity contribution in [2.75, 3.05) is 19.3 Å². The van der Waals surface area contributed by atoms with Gasteiger partial charge in [-0.2, -0.15) is 4.31 Å². The Morgan fingerprint density at radius 1 is 1.38 bits per heavy atom. The Labute approximate surface area is 93.2 Å². The number of carbonyl (C=O) groups is 2. The molecular weight excluding hydrogens is 234 g/mol. The number of hydrogen-bond acceptors (Lipinski definition) is 4. The zero-order chi connectivity index (χ0) is 12.0. The highest BCUT2D eigenvalue weighted by molar-refractivity contribution is 7.88. The van der Waals surface area contributed by atoms with Crippen LogP contribution in [0, 0.1) is 0 Å². The van der Waals surface area contributed by atoms with Crippen molar-refractivity contribution in [1.29, 1.82) is 0 Å². The number of imide groups is 1. The molecule has 0 aliphatic carbocycles. The topological polar surface area (TPSA) is 95.6 Å². The molecule has 2 aliphatic rings. The van der Waals surface area contributed by atoms with Crippen LogP contribution >= 0.6 is 0 Å². The van der Waals surface area contributed by atoms with E-state index < -0.39 is 27.5 Å². The van der Waals surface area contributed by atoms with Crippen LogP contribution in [-0.2, 0) is 14.8 Å². The predicted molar refractivity (Wildman–Crippen MR) is 55.1 cm³/mol. The van der Waals surface area contributed by atoms with Gasteiger partial charge in [0.25, 0.3) is 5.91 Å². The summed E-state index contributed by atoms with van der Waals surface area (Å²) in [6.07, 6.45) is 2.12. The summed E-state index contributed by atoms with van der Waals surface area (Å²) in [5.74, 6) is -0.439. The highest BCUT2D eigenvalue weighted by Crippen LogP contribution is 2.25. The monoisotopic (exact) mass is 247 g/mol. The van der Waals surface area contributed by atoms with Gasteiger partial charge in [-0.25, -0.2) is 13.2 Å². The zero-order valence-corrected chi connectivity index (χ0v) is 9.63. The summed E-state index contributed by atoms with van der Waals surface area (Å²) >= 11 is 0. The molecule has 1 atom stereocenters. The summed E-state index contributed by atoms with van der Waals surface area (Å²) in [7, 11) is -3.33. The highest BCUT2D eigenvalue weighted by Gasteiger charge is 2.50. The first kappa shape index (κ1) is 11.3. The van der Waals surface area contributed by atoms with Crippen molar-refractivity contribution in [3.8, 4) is 0 Å². The van der Waals surface area contributed by atoms with E-state index in [-0.39, 0.29) is 6.54 Å². The van der Waals surface area contributed by atoms with Crippen molar-refractivity contribution in [3.63, 3.8) is 0 Å². The molecular formula is C8H13N3O4S. The van der Waals surface area contributed by atoms with Gasteiger partial charge in [-0.3, -0.25) is 10.1 Å². The number of rotatable bonds is 1. The highest BCUT2D eigenvalue weighted by atomic mass is 32.2. The van der Waals surface area contributed by atoms with Crippen LogP contribution in [0.25, 0.3) is 0 Å². The lowest BCUT2D eigenvalue weighted by Gasteiger charge is -2.36. The van der Waals surface area contributed by atoms with Gasteiger partial charge in [0, 0.05) is 13.1 Å². The van der Waals surface area contributed by atoms with Crippen LogP contribution in [0.3, 0.4) is 0 Å². The van der Waals surface area contributed by atoms with Gasteiger partial charge in [0.15, 0.2) is 0 Å². The molecule has 0 bridgehead atoms. The molecule has 8 heteroatoms. The number of carbonyl (C=O) groups excluding carboxylic acids is 2. The van der Waals surface area contributed by atoms with Gasteiger partial charge in [-0.1, -0.05) is 0 Å². The average molecular weight is 247 g/mol. The first-order valence-corrected chi connectivity index (χ1v) is 6.77. The molecule has 2 rings (SSSR count). The van der Waals surface area contributed by atoms with Crippen LogP contribution in [0.4, 0.5) is 4.79 Å². The summed E-state index contributed by atoms with van der Waals surface area (Å²) in [6.45, 7) is 0.410. The third-order valence-electron chi connectivity index (χ3n) is 2.94. The van der Waals surface area contributed by atoms with E-state index in [0.717, 1.165) is 6.26 Å². The predicted octanol–water partition coefficient (Wildman–Crippen LogP) is -1.38. The maximum absolute atomic E-state index is 11.6. The van der Waals surface area contributed by atoms with Crippen molar-refractivity contribution in [2.24, 2.45) is 0 Å². The summed E-state index contributed by atoms with van der Waals surface area (Å²) in [5, 5.41) is 4.65. The van der Waals surface area contributed by atoms with Crippen molar-refractivity contribution >= 4 is 22.0 Å². The second-order valence-electron chi connectivity index (χ2n) is 4.19. The lowest BCUT2D eigenvalue weighted by Crippen LogP contribution is -2.59. The van der Waals surface area contributed by atoms with E-state index in [2.05, 4.69) is 10.6 Å². The van der Waals surface area contributed by atoms with Gasteiger partial charge in [0.1, 0.15) is 5.54 Å². The van der Waals surface area contributed by atoms with Gasteiger partial charge in [0.2, 0.25) is 10.0 Å². The maximum atomic E-state index is 11.6. The molecule has 0 radical (unpaired) electrons. The number of amides is 3. The molecule has 16 heavy (non-hydrogen) atoms. The first-order valence-electron chi connectivity index (χ1n) is 4.92. The van der Waals surface area contributed by atoms with Crippen LogP contribution < -0.4 is 10.6 Å². The Balaban J connectivity index is 2.25. The Bertz CT molecular complexity index is 446.